The average Bonchev–Trinajstić information content (AvgIpc) is 2.38. The van der Waals surface area contributed by atoms with Crippen molar-refractivity contribution < 1.29 is 17.9 Å². The van der Waals surface area contributed by atoms with Crippen molar-refractivity contribution in [1.82, 2.24) is 4.31 Å². The number of nitrogens with two attached hydrogens (primary N) is 1. The quantitative estimate of drug-likeness (QED) is 0.714. The summed E-state index contributed by atoms with van der Waals surface area (Å²) in [6.45, 7) is 3.10. The molecule has 0 aliphatic carbocycles. The van der Waals surface area contributed by atoms with E-state index in [1.807, 2.05) is 0 Å². The molecule has 1 aromatic rings. The summed E-state index contributed by atoms with van der Waals surface area (Å²) in [5, 5.41) is 8.87. The number of benzene rings is 1. The van der Waals surface area contributed by atoms with Gasteiger partial charge in [-0.25, -0.2) is 12.8 Å². The van der Waals surface area contributed by atoms with Crippen LogP contribution in [-0.2, 0) is 16.6 Å². The van der Waals surface area contributed by atoms with Gasteiger partial charge < -0.3 is 10.8 Å². The van der Waals surface area contributed by atoms with Crippen LogP contribution in [0.25, 0.3) is 0 Å². The molecule has 0 bridgehead atoms. The summed E-state index contributed by atoms with van der Waals surface area (Å²) in [5.74, 6) is -0.852. The highest BCUT2D eigenvalue weighted by molar-refractivity contribution is 7.89. The standard InChI is InChI=1S/C12H17FN2O3S/c1-2-5-15(6-7-16)19(17,18)12-4-3-10(9-14)8-11(12)13/h2-4,8,16H,1,5-7,9,14H2. The Morgan fingerprint density at radius 1 is 1.47 bits per heavy atom. The molecule has 0 aliphatic rings. The number of halogens is 1. The van der Waals surface area contributed by atoms with Gasteiger partial charge in [0.05, 0.1) is 6.61 Å². The van der Waals surface area contributed by atoms with Crippen molar-refractivity contribution in [3.05, 3.63) is 42.2 Å². The SMILES string of the molecule is C=CCN(CCO)S(=O)(=O)c1ccc(CN)cc1F. The summed E-state index contributed by atoms with van der Waals surface area (Å²) >= 11 is 0. The molecule has 0 aliphatic heterocycles. The van der Waals surface area contributed by atoms with Gasteiger partial charge in [-0.15, -0.1) is 6.58 Å². The number of hydrogen-bond donors (Lipinski definition) is 2. The minimum absolute atomic E-state index is 0.000966. The van der Waals surface area contributed by atoms with Gasteiger partial charge in [-0.1, -0.05) is 12.1 Å². The van der Waals surface area contributed by atoms with Crippen LogP contribution >= 0.6 is 0 Å². The normalized spacial score (nSPS) is 11.8. The van der Waals surface area contributed by atoms with Crippen molar-refractivity contribution in [2.24, 2.45) is 5.73 Å². The lowest BCUT2D eigenvalue weighted by atomic mass is 10.2. The molecule has 0 fully saturated rings. The van der Waals surface area contributed by atoms with E-state index in [2.05, 4.69) is 6.58 Å². The van der Waals surface area contributed by atoms with Crippen LogP contribution in [0.2, 0.25) is 0 Å². The lowest BCUT2D eigenvalue weighted by Crippen LogP contribution is -2.34. The summed E-state index contributed by atoms with van der Waals surface area (Å²) < 4.78 is 39.2. The number of nitrogens with zero attached hydrogens (tertiary/aromatic N) is 1. The van der Waals surface area contributed by atoms with E-state index >= 15 is 0 Å². The molecule has 0 radical (unpaired) electrons. The Hall–Kier alpha value is -1.28. The third kappa shape index (κ3) is 3.60. The number of hydrogen-bond acceptors (Lipinski definition) is 4. The van der Waals surface area contributed by atoms with E-state index in [0.717, 1.165) is 10.4 Å². The first kappa shape index (κ1) is 15.8. The van der Waals surface area contributed by atoms with Gasteiger partial charge in [0.1, 0.15) is 10.7 Å². The molecule has 0 saturated heterocycles. The second-order valence-electron chi connectivity index (χ2n) is 3.84. The molecule has 0 spiro atoms. The van der Waals surface area contributed by atoms with Gasteiger partial charge in [0.25, 0.3) is 0 Å². The molecule has 106 valence electrons. The molecule has 5 nitrogen and oxygen atoms in total. The summed E-state index contributed by atoms with van der Waals surface area (Å²) in [6, 6.07) is 3.74. The van der Waals surface area contributed by atoms with Crippen LogP contribution in [0.4, 0.5) is 4.39 Å². The van der Waals surface area contributed by atoms with Crippen molar-refractivity contribution in [2.45, 2.75) is 11.4 Å². The zero-order valence-corrected chi connectivity index (χ0v) is 11.2. The second kappa shape index (κ2) is 6.76. The van der Waals surface area contributed by atoms with Crippen molar-refractivity contribution >= 4 is 10.0 Å². The molecular weight excluding hydrogens is 271 g/mol. The predicted octanol–water partition coefficient (Wildman–Crippen LogP) is 0.453. The topological polar surface area (TPSA) is 83.6 Å². The first-order valence-electron chi connectivity index (χ1n) is 5.67. The maximum atomic E-state index is 13.8. The fourth-order valence-corrected chi connectivity index (χ4v) is 3.03. The lowest BCUT2D eigenvalue weighted by Gasteiger charge is -2.20. The fourth-order valence-electron chi connectivity index (χ4n) is 1.58. The number of rotatable bonds is 7. The van der Waals surface area contributed by atoms with Crippen molar-refractivity contribution in [3.8, 4) is 0 Å². The average molecular weight is 288 g/mol. The van der Waals surface area contributed by atoms with Crippen LogP contribution in [0, 0.1) is 5.82 Å². The Morgan fingerprint density at radius 3 is 2.63 bits per heavy atom. The smallest absolute Gasteiger partial charge is 0.246 e. The van der Waals surface area contributed by atoms with E-state index in [-0.39, 0.29) is 26.2 Å². The Bertz CT molecular complexity index is 546. The minimum atomic E-state index is -3.99. The van der Waals surface area contributed by atoms with E-state index < -0.39 is 20.7 Å². The maximum Gasteiger partial charge on any atom is 0.246 e. The monoisotopic (exact) mass is 288 g/mol. The Balaban J connectivity index is 3.20. The van der Waals surface area contributed by atoms with E-state index in [4.69, 9.17) is 10.8 Å². The molecule has 0 atom stereocenters. The van der Waals surface area contributed by atoms with Crippen LogP contribution in [-0.4, -0.2) is 37.5 Å². The zero-order valence-electron chi connectivity index (χ0n) is 10.4. The van der Waals surface area contributed by atoms with Crippen molar-refractivity contribution in [1.29, 1.82) is 0 Å². The largest absolute Gasteiger partial charge is 0.395 e. The number of aliphatic hydroxyl groups is 1. The first-order chi connectivity index (χ1) is 8.97. The van der Waals surface area contributed by atoms with Crippen LogP contribution in [0.1, 0.15) is 5.56 Å². The molecule has 0 aromatic heterocycles. The first-order valence-corrected chi connectivity index (χ1v) is 7.11. The number of sulfonamides is 1. The molecular formula is C12H17FN2O3S. The Labute approximate surface area is 112 Å². The highest BCUT2D eigenvalue weighted by Crippen LogP contribution is 2.20. The highest BCUT2D eigenvalue weighted by Gasteiger charge is 2.26. The van der Waals surface area contributed by atoms with Crippen LogP contribution in [0.15, 0.2) is 35.7 Å². The predicted molar refractivity (Wildman–Crippen MR) is 70.3 cm³/mol. The molecule has 7 heteroatoms. The highest BCUT2D eigenvalue weighted by atomic mass is 32.2. The molecule has 0 heterocycles. The van der Waals surface area contributed by atoms with Gasteiger partial charge >= 0.3 is 0 Å². The number of aliphatic hydroxyl groups excluding tert-OH is 1. The summed E-state index contributed by atoms with van der Waals surface area (Å²) in [5.41, 5.74) is 5.87. The summed E-state index contributed by atoms with van der Waals surface area (Å²) in [7, 11) is -3.99. The second-order valence-corrected chi connectivity index (χ2v) is 5.75. The molecule has 1 rings (SSSR count). The molecule has 0 unspecified atom stereocenters. The molecule has 3 N–H and O–H groups in total. The van der Waals surface area contributed by atoms with Gasteiger partial charge in [0.2, 0.25) is 10.0 Å². The van der Waals surface area contributed by atoms with Gasteiger partial charge in [-0.2, -0.15) is 4.31 Å². The lowest BCUT2D eigenvalue weighted by molar-refractivity contribution is 0.260. The Morgan fingerprint density at radius 2 is 2.16 bits per heavy atom. The van der Waals surface area contributed by atoms with Crippen LogP contribution in [0.5, 0.6) is 0 Å². The third-order valence-electron chi connectivity index (χ3n) is 2.53. The van der Waals surface area contributed by atoms with E-state index in [1.165, 1.54) is 18.2 Å². The van der Waals surface area contributed by atoms with E-state index in [1.54, 1.807) is 0 Å². The van der Waals surface area contributed by atoms with Crippen LogP contribution in [0.3, 0.4) is 0 Å². The Kier molecular flexibility index (Phi) is 5.61. The summed E-state index contributed by atoms with van der Waals surface area (Å²) in [4.78, 5) is -0.431. The molecule has 0 amide bonds. The summed E-state index contributed by atoms with van der Waals surface area (Å²) in [6.07, 6.45) is 1.37. The molecule has 1 aromatic carbocycles. The van der Waals surface area contributed by atoms with E-state index in [9.17, 15) is 12.8 Å². The van der Waals surface area contributed by atoms with Crippen LogP contribution < -0.4 is 5.73 Å². The zero-order chi connectivity index (χ0) is 14.5. The van der Waals surface area contributed by atoms with Crippen molar-refractivity contribution in [3.63, 3.8) is 0 Å². The minimum Gasteiger partial charge on any atom is -0.395 e. The van der Waals surface area contributed by atoms with E-state index in [0.29, 0.717) is 5.56 Å². The third-order valence-corrected chi connectivity index (χ3v) is 4.43. The fraction of sp³-hybridized carbons (Fsp3) is 0.333. The van der Waals surface area contributed by atoms with Gasteiger partial charge in [0.15, 0.2) is 0 Å². The van der Waals surface area contributed by atoms with Gasteiger partial charge in [-0.05, 0) is 17.7 Å². The van der Waals surface area contributed by atoms with Gasteiger partial charge in [-0.3, -0.25) is 0 Å². The molecule has 0 saturated carbocycles. The molecule has 19 heavy (non-hydrogen) atoms. The van der Waals surface area contributed by atoms with Crippen molar-refractivity contribution in [2.75, 3.05) is 19.7 Å². The van der Waals surface area contributed by atoms with Gasteiger partial charge in [0, 0.05) is 19.6 Å². The maximum absolute atomic E-state index is 13.8.